The molecule has 2 rings (SSSR count). The molecule has 0 aliphatic heterocycles. The number of allylic oxidation sites excluding steroid dienone is 7. The quantitative estimate of drug-likeness (QED) is 0.225. The van der Waals surface area contributed by atoms with Gasteiger partial charge in [0.1, 0.15) is 11.6 Å². The Morgan fingerprint density at radius 1 is 1.03 bits per heavy atom. The lowest BCUT2D eigenvalue weighted by Gasteiger charge is -2.28. The van der Waals surface area contributed by atoms with Gasteiger partial charge in [0, 0.05) is 18.8 Å². The fraction of sp³-hybridized carbons (Fsp3) is 0.379. The Balaban J connectivity index is 1.93. The first-order chi connectivity index (χ1) is 16.2. The molecule has 1 fully saturated rings. The van der Waals surface area contributed by atoms with E-state index in [9.17, 15) is 13.2 Å². The van der Waals surface area contributed by atoms with Crippen molar-refractivity contribution in [1.29, 1.82) is 0 Å². The smallest absolute Gasteiger partial charge is 0.162 e. The third-order valence-corrected chi connectivity index (χ3v) is 6.17. The standard InChI is InChI=1S/C29H35F3O2/c1-7-34-21(4)18-27(30)22(5)20(3)10-8-19(2)9-11-24-14-17-26(29(32)28(24)31)23-12-15-25(33-6)16-13-23/h8,10,14,17-18,23,25H,2-5,7,9,11-13,15-16H2,1,6H3/b10-8-,27-18+. The summed E-state index contributed by atoms with van der Waals surface area (Å²) in [6.45, 7) is 17.2. The van der Waals surface area contributed by atoms with Gasteiger partial charge >= 0.3 is 0 Å². The van der Waals surface area contributed by atoms with E-state index in [1.807, 2.05) is 0 Å². The highest BCUT2D eigenvalue weighted by atomic mass is 19.2. The molecule has 0 radical (unpaired) electrons. The van der Waals surface area contributed by atoms with Crippen LogP contribution >= 0.6 is 0 Å². The van der Waals surface area contributed by atoms with Crippen LogP contribution in [0.3, 0.4) is 0 Å². The van der Waals surface area contributed by atoms with Crippen molar-refractivity contribution in [3.05, 3.63) is 108 Å². The second-order valence-corrected chi connectivity index (χ2v) is 8.54. The van der Waals surface area contributed by atoms with Crippen LogP contribution in [-0.2, 0) is 15.9 Å². The monoisotopic (exact) mass is 472 g/mol. The highest BCUT2D eigenvalue weighted by Gasteiger charge is 2.26. The van der Waals surface area contributed by atoms with Gasteiger partial charge in [-0.05, 0) is 68.1 Å². The minimum Gasteiger partial charge on any atom is -0.494 e. The second-order valence-electron chi connectivity index (χ2n) is 8.54. The molecule has 0 bridgehead atoms. The molecule has 0 saturated heterocycles. The van der Waals surface area contributed by atoms with Gasteiger partial charge in [-0.15, -0.1) is 0 Å². The lowest BCUT2D eigenvalue weighted by molar-refractivity contribution is 0.0655. The topological polar surface area (TPSA) is 18.5 Å². The maximum absolute atomic E-state index is 14.8. The lowest BCUT2D eigenvalue weighted by atomic mass is 9.82. The largest absolute Gasteiger partial charge is 0.494 e. The third kappa shape index (κ3) is 7.63. The van der Waals surface area contributed by atoms with E-state index < -0.39 is 17.5 Å². The Kier molecular flexibility index (Phi) is 10.6. The number of methoxy groups -OCH3 is 1. The number of ether oxygens (including phenoxy) is 2. The molecule has 0 heterocycles. The van der Waals surface area contributed by atoms with Crippen LogP contribution < -0.4 is 0 Å². The number of halogens is 3. The summed E-state index contributed by atoms with van der Waals surface area (Å²) in [4.78, 5) is 0. The fourth-order valence-corrected chi connectivity index (χ4v) is 4.03. The summed E-state index contributed by atoms with van der Waals surface area (Å²) in [5.41, 5.74) is 1.91. The average Bonchev–Trinajstić information content (AvgIpc) is 2.83. The highest BCUT2D eigenvalue weighted by Crippen LogP contribution is 2.36. The zero-order valence-electron chi connectivity index (χ0n) is 20.3. The van der Waals surface area contributed by atoms with Gasteiger partial charge in [0.15, 0.2) is 11.6 Å². The first-order valence-corrected chi connectivity index (χ1v) is 11.6. The van der Waals surface area contributed by atoms with Gasteiger partial charge in [-0.1, -0.05) is 56.2 Å². The minimum absolute atomic E-state index is 0.0205. The average molecular weight is 473 g/mol. The van der Waals surface area contributed by atoms with Gasteiger partial charge in [-0.2, -0.15) is 0 Å². The molecule has 1 aromatic carbocycles. The molecule has 1 saturated carbocycles. The molecule has 0 aromatic heterocycles. The summed E-state index contributed by atoms with van der Waals surface area (Å²) in [6, 6.07) is 3.38. The summed E-state index contributed by atoms with van der Waals surface area (Å²) in [5, 5.41) is 0. The Hall–Kier alpha value is -2.79. The molecule has 1 aromatic rings. The Labute approximate surface area is 201 Å². The molecule has 1 aliphatic carbocycles. The number of hydrogen-bond donors (Lipinski definition) is 0. The summed E-state index contributed by atoms with van der Waals surface area (Å²) < 4.78 is 54.2. The Bertz CT molecular complexity index is 979. The van der Waals surface area contributed by atoms with Crippen molar-refractivity contribution in [3.63, 3.8) is 0 Å². The van der Waals surface area contributed by atoms with Crippen molar-refractivity contribution in [2.75, 3.05) is 13.7 Å². The van der Waals surface area contributed by atoms with E-state index >= 15 is 0 Å². The van der Waals surface area contributed by atoms with Crippen molar-refractivity contribution >= 4 is 0 Å². The van der Waals surface area contributed by atoms with Gasteiger partial charge in [0.25, 0.3) is 0 Å². The first kappa shape index (κ1) is 27.5. The number of aryl methyl sites for hydroxylation is 1. The van der Waals surface area contributed by atoms with Crippen molar-refractivity contribution < 1.29 is 22.6 Å². The van der Waals surface area contributed by atoms with E-state index in [4.69, 9.17) is 9.47 Å². The molecule has 2 nitrogen and oxygen atoms in total. The summed E-state index contributed by atoms with van der Waals surface area (Å²) in [7, 11) is 1.69. The van der Waals surface area contributed by atoms with Crippen LogP contribution in [0.1, 0.15) is 56.1 Å². The molecule has 0 amide bonds. The Morgan fingerprint density at radius 2 is 1.71 bits per heavy atom. The van der Waals surface area contributed by atoms with Crippen molar-refractivity contribution in [2.24, 2.45) is 0 Å². The van der Waals surface area contributed by atoms with E-state index in [-0.39, 0.29) is 23.4 Å². The van der Waals surface area contributed by atoms with E-state index in [1.165, 1.54) is 0 Å². The Morgan fingerprint density at radius 3 is 2.32 bits per heavy atom. The van der Waals surface area contributed by atoms with Crippen molar-refractivity contribution in [1.82, 2.24) is 0 Å². The van der Waals surface area contributed by atoms with Crippen LogP contribution in [0, 0.1) is 11.6 Å². The maximum atomic E-state index is 14.8. The molecule has 0 atom stereocenters. The van der Waals surface area contributed by atoms with Crippen LogP contribution in [0.15, 0.2) is 85.0 Å². The molecule has 0 N–H and O–H groups in total. The van der Waals surface area contributed by atoms with E-state index in [1.54, 1.807) is 38.3 Å². The second kappa shape index (κ2) is 13.2. The number of hydrogen-bond acceptors (Lipinski definition) is 2. The van der Waals surface area contributed by atoms with Crippen molar-refractivity contribution in [2.45, 2.75) is 57.5 Å². The lowest BCUT2D eigenvalue weighted by Crippen LogP contribution is -2.20. The summed E-state index contributed by atoms with van der Waals surface area (Å²) in [6.07, 6.45) is 8.66. The predicted molar refractivity (Wildman–Crippen MR) is 133 cm³/mol. The van der Waals surface area contributed by atoms with Crippen molar-refractivity contribution in [3.8, 4) is 0 Å². The molecule has 0 unspecified atom stereocenters. The minimum atomic E-state index is -0.789. The van der Waals surface area contributed by atoms with Crippen LogP contribution in [0.25, 0.3) is 0 Å². The van der Waals surface area contributed by atoms with Gasteiger partial charge in [0.05, 0.1) is 12.7 Å². The van der Waals surface area contributed by atoms with Crippen LogP contribution in [0.2, 0.25) is 0 Å². The third-order valence-electron chi connectivity index (χ3n) is 6.17. The van der Waals surface area contributed by atoms with E-state index in [0.717, 1.165) is 31.8 Å². The first-order valence-electron chi connectivity index (χ1n) is 11.6. The van der Waals surface area contributed by atoms with Crippen LogP contribution in [0.4, 0.5) is 13.2 Å². The number of rotatable bonds is 12. The van der Waals surface area contributed by atoms with E-state index in [0.29, 0.717) is 41.7 Å². The molecule has 34 heavy (non-hydrogen) atoms. The van der Waals surface area contributed by atoms with Crippen LogP contribution in [0.5, 0.6) is 0 Å². The van der Waals surface area contributed by atoms with Crippen LogP contribution in [-0.4, -0.2) is 19.8 Å². The predicted octanol–water partition coefficient (Wildman–Crippen LogP) is 8.20. The fourth-order valence-electron chi connectivity index (χ4n) is 4.03. The molecule has 0 spiro atoms. The molecule has 1 aliphatic rings. The molecular weight excluding hydrogens is 437 g/mol. The molecular formula is C29H35F3O2. The van der Waals surface area contributed by atoms with Gasteiger partial charge < -0.3 is 9.47 Å². The summed E-state index contributed by atoms with van der Waals surface area (Å²) in [5.74, 6) is -1.91. The summed E-state index contributed by atoms with van der Waals surface area (Å²) >= 11 is 0. The highest BCUT2D eigenvalue weighted by molar-refractivity contribution is 5.48. The molecule has 5 heteroatoms. The maximum Gasteiger partial charge on any atom is 0.162 e. The number of benzene rings is 1. The van der Waals surface area contributed by atoms with E-state index in [2.05, 4.69) is 26.3 Å². The molecule has 184 valence electrons. The van der Waals surface area contributed by atoms with Gasteiger partial charge in [0.2, 0.25) is 0 Å². The van der Waals surface area contributed by atoms with Gasteiger partial charge in [-0.3, -0.25) is 0 Å². The normalized spacial score (nSPS) is 18.7. The zero-order valence-corrected chi connectivity index (χ0v) is 20.3. The SMILES string of the molecule is C=C(/C=C\C(=C)C(=C)/C(F)=C\C(=C)OCC)CCc1ccc(C2CCC(OC)CC2)c(F)c1F. The van der Waals surface area contributed by atoms with Gasteiger partial charge in [-0.25, -0.2) is 13.2 Å². The zero-order chi connectivity index (χ0) is 25.3.